The van der Waals surface area contributed by atoms with E-state index in [0.29, 0.717) is 6.04 Å². The van der Waals surface area contributed by atoms with E-state index in [1.165, 1.54) is 55.8 Å². The molecule has 2 aliphatic rings. The number of rotatable bonds is 6. The zero-order valence-corrected chi connectivity index (χ0v) is 16.5. The minimum Gasteiger partial charge on any atom is -0.466 e. The molecular formula is C24H28N2O2. The molecule has 4 heteroatoms. The maximum absolute atomic E-state index is 11.2. The van der Waals surface area contributed by atoms with E-state index >= 15 is 0 Å². The third-order valence-electron chi connectivity index (χ3n) is 5.89. The Morgan fingerprint density at radius 2 is 1.96 bits per heavy atom. The van der Waals surface area contributed by atoms with Crippen molar-refractivity contribution in [3.8, 4) is 0 Å². The number of nitrogens with zero attached hydrogens (tertiary/aromatic N) is 2. The van der Waals surface area contributed by atoms with Crippen molar-refractivity contribution in [3.63, 3.8) is 0 Å². The second-order valence-corrected chi connectivity index (χ2v) is 7.69. The summed E-state index contributed by atoms with van der Waals surface area (Å²) in [6.45, 7) is 4.42. The van der Waals surface area contributed by atoms with Crippen LogP contribution in [0, 0.1) is 0 Å². The first-order chi connectivity index (χ1) is 13.7. The van der Waals surface area contributed by atoms with Crippen molar-refractivity contribution >= 4 is 17.7 Å². The average Bonchev–Trinajstić information content (AvgIpc) is 3.35. The summed E-state index contributed by atoms with van der Waals surface area (Å²) in [4.78, 5) is 16.4. The molecule has 2 heterocycles. The van der Waals surface area contributed by atoms with Gasteiger partial charge in [0.05, 0.1) is 7.11 Å². The van der Waals surface area contributed by atoms with E-state index in [4.69, 9.17) is 0 Å². The van der Waals surface area contributed by atoms with Gasteiger partial charge in [0.15, 0.2) is 0 Å². The lowest BCUT2D eigenvalue weighted by atomic mass is 10.1. The Kier molecular flexibility index (Phi) is 5.77. The van der Waals surface area contributed by atoms with E-state index in [1.54, 1.807) is 6.08 Å². The summed E-state index contributed by atoms with van der Waals surface area (Å²) in [6.07, 6.45) is 6.97. The molecule has 0 aliphatic carbocycles. The third kappa shape index (κ3) is 4.28. The van der Waals surface area contributed by atoms with Gasteiger partial charge in [0.1, 0.15) is 0 Å². The molecule has 2 aromatic carbocycles. The van der Waals surface area contributed by atoms with Gasteiger partial charge in [-0.3, -0.25) is 4.90 Å². The monoisotopic (exact) mass is 376 g/mol. The van der Waals surface area contributed by atoms with Crippen molar-refractivity contribution in [1.82, 2.24) is 4.90 Å². The number of hydrogen-bond acceptors (Lipinski definition) is 4. The lowest BCUT2D eigenvalue weighted by Crippen LogP contribution is -2.39. The summed E-state index contributed by atoms with van der Waals surface area (Å²) in [5.41, 5.74) is 5.25. The average molecular weight is 377 g/mol. The molecule has 4 nitrogen and oxygen atoms in total. The highest BCUT2D eigenvalue weighted by molar-refractivity contribution is 5.86. The summed E-state index contributed by atoms with van der Waals surface area (Å²) in [5.74, 6) is -0.326. The highest BCUT2D eigenvalue weighted by atomic mass is 16.5. The predicted molar refractivity (Wildman–Crippen MR) is 113 cm³/mol. The second-order valence-electron chi connectivity index (χ2n) is 7.69. The molecule has 0 bridgehead atoms. The lowest BCUT2D eigenvalue weighted by Gasteiger charge is -2.30. The number of anilines is 1. The van der Waals surface area contributed by atoms with Gasteiger partial charge in [-0.25, -0.2) is 4.79 Å². The molecule has 1 saturated heterocycles. The van der Waals surface area contributed by atoms with Gasteiger partial charge in [0, 0.05) is 37.4 Å². The molecule has 0 N–H and O–H groups in total. The summed E-state index contributed by atoms with van der Waals surface area (Å²) in [6, 6.07) is 17.9. The summed E-state index contributed by atoms with van der Waals surface area (Å²) in [5, 5.41) is 0. The lowest BCUT2D eigenvalue weighted by molar-refractivity contribution is -0.134. The topological polar surface area (TPSA) is 32.8 Å². The molecule has 2 aromatic rings. The number of carbonyl (C=O) groups excluding carboxylic acids is 1. The minimum absolute atomic E-state index is 0.326. The quantitative estimate of drug-likeness (QED) is 0.565. The maximum atomic E-state index is 11.2. The summed E-state index contributed by atoms with van der Waals surface area (Å²) in [7, 11) is 1.39. The number of para-hydroxylation sites is 1. The van der Waals surface area contributed by atoms with Crippen molar-refractivity contribution < 1.29 is 9.53 Å². The van der Waals surface area contributed by atoms with E-state index in [-0.39, 0.29) is 5.97 Å². The Balaban J connectivity index is 1.37. The molecule has 1 fully saturated rings. The van der Waals surface area contributed by atoms with E-state index < -0.39 is 0 Å². The van der Waals surface area contributed by atoms with Gasteiger partial charge in [-0.1, -0.05) is 42.5 Å². The number of likely N-dealkylation sites (tertiary alicyclic amines) is 1. The second kappa shape index (κ2) is 8.61. The Labute approximate surface area is 167 Å². The fourth-order valence-corrected chi connectivity index (χ4v) is 4.36. The normalized spacial score (nSPS) is 19.3. The van der Waals surface area contributed by atoms with Crippen LogP contribution in [0.4, 0.5) is 5.69 Å². The predicted octanol–water partition coefficient (Wildman–Crippen LogP) is 3.90. The third-order valence-corrected chi connectivity index (χ3v) is 5.89. The first kappa shape index (κ1) is 18.8. The number of ether oxygens (including phenoxy) is 1. The molecule has 0 amide bonds. The van der Waals surface area contributed by atoms with Gasteiger partial charge in [-0.2, -0.15) is 0 Å². The van der Waals surface area contributed by atoms with Crippen molar-refractivity contribution in [2.24, 2.45) is 0 Å². The Morgan fingerprint density at radius 1 is 1.14 bits per heavy atom. The Bertz CT molecular complexity index is 844. The molecule has 2 aliphatic heterocycles. The van der Waals surface area contributed by atoms with Gasteiger partial charge < -0.3 is 9.64 Å². The number of carbonyl (C=O) groups is 1. The Hall–Kier alpha value is -2.59. The molecule has 4 rings (SSSR count). The molecule has 0 radical (unpaired) electrons. The zero-order chi connectivity index (χ0) is 19.3. The molecule has 1 atom stereocenters. The number of methoxy groups -OCH3 is 1. The first-order valence-electron chi connectivity index (χ1n) is 10.1. The summed E-state index contributed by atoms with van der Waals surface area (Å²) < 4.78 is 4.64. The van der Waals surface area contributed by atoms with Crippen molar-refractivity contribution in [1.29, 1.82) is 0 Å². The molecule has 0 spiro atoms. The van der Waals surface area contributed by atoms with Crippen LogP contribution in [0.5, 0.6) is 0 Å². The van der Waals surface area contributed by atoms with Crippen LogP contribution in [0.3, 0.4) is 0 Å². The fraction of sp³-hybridized carbons (Fsp3) is 0.375. The van der Waals surface area contributed by atoms with Crippen LogP contribution in [-0.4, -0.2) is 43.7 Å². The van der Waals surface area contributed by atoms with Crippen molar-refractivity contribution in [3.05, 3.63) is 71.3 Å². The molecule has 146 valence electrons. The van der Waals surface area contributed by atoms with Gasteiger partial charge in [0.2, 0.25) is 0 Å². The minimum atomic E-state index is -0.326. The Morgan fingerprint density at radius 3 is 2.79 bits per heavy atom. The smallest absolute Gasteiger partial charge is 0.330 e. The highest BCUT2D eigenvalue weighted by Gasteiger charge is 2.28. The van der Waals surface area contributed by atoms with E-state index in [1.807, 2.05) is 0 Å². The molecule has 0 saturated carbocycles. The van der Waals surface area contributed by atoms with Gasteiger partial charge in [-0.05, 0) is 54.6 Å². The number of benzene rings is 2. The zero-order valence-electron chi connectivity index (χ0n) is 16.5. The van der Waals surface area contributed by atoms with Crippen molar-refractivity contribution in [2.75, 3.05) is 31.6 Å². The van der Waals surface area contributed by atoms with Crippen molar-refractivity contribution in [2.45, 2.75) is 31.8 Å². The fourth-order valence-electron chi connectivity index (χ4n) is 4.36. The van der Waals surface area contributed by atoms with E-state index in [2.05, 4.69) is 63.1 Å². The van der Waals surface area contributed by atoms with Gasteiger partial charge in [0.25, 0.3) is 0 Å². The number of hydrogen-bond donors (Lipinski definition) is 0. The standard InChI is InChI=1S/C24H28N2O2/c1-28-24(27)13-12-19-8-10-20(11-9-19)17-25-15-4-6-22(25)18-26-16-14-21-5-2-3-7-23(21)26/h2-3,5,7-13,22H,4,6,14-18H2,1H3/t22-/m0/s1. The largest absolute Gasteiger partial charge is 0.466 e. The van der Waals surface area contributed by atoms with Crippen LogP contribution in [0.25, 0.3) is 6.08 Å². The van der Waals surface area contributed by atoms with Crippen LogP contribution >= 0.6 is 0 Å². The SMILES string of the molecule is COC(=O)C=Cc1ccc(CN2CCC[C@H]2CN2CCc3ccccc32)cc1. The molecular weight excluding hydrogens is 348 g/mol. The van der Waals surface area contributed by atoms with Crippen LogP contribution in [-0.2, 0) is 22.5 Å². The first-order valence-corrected chi connectivity index (χ1v) is 10.1. The van der Waals surface area contributed by atoms with Crippen LogP contribution < -0.4 is 4.90 Å². The van der Waals surface area contributed by atoms with Gasteiger partial charge >= 0.3 is 5.97 Å². The number of fused-ring (bicyclic) bond motifs is 1. The molecule has 0 aromatic heterocycles. The van der Waals surface area contributed by atoms with E-state index in [9.17, 15) is 4.79 Å². The van der Waals surface area contributed by atoms with Crippen LogP contribution in [0.1, 0.15) is 29.5 Å². The van der Waals surface area contributed by atoms with E-state index in [0.717, 1.165) is 25.2 Å². The maximum Gasteiger partial charge on any atom is 0.330 e. The van der Waals surface area contributed by atoms with Crippen LogP contribution in [0.15, 0.2) is 54.6 Å². The number of esters is 1. The van der Waals surface area contributed by atoms with Crippen LogP contribution in [0.2, 0.25) is 0 Å². The highest BCUT2D eigenvalue weighted by Crippen LogP contribution is 2.30. The summed E-state index contributed by atoms with van der Waals surface area (Å²) >= 11 is 0. The molecule has 0 unspecified atom stereocenters. The van der Waals surface area contributed by atoms with Gasteiger partial charge in [-0.15, -0.1) is 0 Å². The molecule has 28 heavy (non-hydrogen) atoms.